The Kier molecular flexibility index (Phi) is 2.79. The van der Waals surface area contributed by atoms with Gasteiger partial charge in [-0.05, 0) is 24.2 Å². The number of hydrogen-bond donors (Lipinski definition) is 2. The van der Waals surface area contributed by atoms with Crippen molar-refractivity contribution in [2.45, 2.75) is 39.2 Å². The Morgan fingerprint density at radius 1 is 1.33 bits per heavy atom. The highest BCUT2D eigenvalue weighted by atomic mass is 16.3. The van der Waals surface area contributed by atoms with Gasteiger partial charge in [0.1, 0.15) is 0 Å². The molecule has 0 aromatic carbocycles. The lowest BCUT2D eigenvalue weighted by Gasteiger charge is -2.15. The Bertz CT molecular complexity index is 156. The van der Waals surface area contributed by atoms with Crippen LogP contribution in [0.4, 0.5) is 0 Å². The molecule has 0 heterocycles. The molecular formula is C10H20O2. The topological polar surface area (TPSA) is 40.5 Å². The third-order valence-corrected chi connectivity index (χ3v) is 3.37. The summed E-state index contributed by atoms with van der Waals surface area (Å²) < 4.78 is 0. The maximum Gasteiger partial charge on any atom is 0.0734 e. The summed E-state index contributed by atoms with van der Waals surface area (Å²) >= 11 is 0. The van der Waals surface area contributed by atoms with Crippen molar-refractivity contribution in [3.63, 3.8) is 0 Å². The van der Waals surface area contributed by atoms with Crippen LogP contribution >= 0.6 is 0 Å². The Morgan fingerprint density at radius 2 is 1.92 bits per heavy atom. The van der Waals surface area contributed by atoms with Gasteiger partial charge in [-0.3, -0.25) is 0 Å². The maximum atomic E-state index is 10.1. The quantitative estimate of drug-likeness (QED) is 0.673. The van der Waals surface area contributed by atoms with E-state index >= 15 is 0 Å². The number of rotatable bonds is 4. The second-order valence-electron chi connectivity index (χ2n) is 4.18. The predicted molar refractivity (Wildman–Crippen MR) is 48.8 cm³/mol. The molecule has 0 aliphatic heterocycles. The van der Waals surface area contributed by atoms with Gasteiger partial charge in [-0.2, -0.15) is 0 Å². The minimum Gasteiger partial charge on any atom is -0.396 e. The molecule has 0 aromatic heterocycles. The lowest BCUT2D eigenvalue weighted by Crippen LogP contribution is -2.21. The van der Waals surface area contributed by atoms with Crippen molar-refractivity contribution in [3.8, 4) is 0 Å². The molecule has 1 aliphatic carbocycles. The fourth-order valence-electron chi connectivity index (χ4n) is 2.59. The zero-order valence-corrected chi connectivity index (χ0v) is 8.25. The third-order valence-electron chi connectivity index (χ3n) is 3.37. The van der Waals surface area contributed by atoms with Crippen LogP contribution in [0.2, 0.25) is 0 Å². The molecule has 1 rings (SSSR count). The SMILES string of the molecule is CC[C@@H]1[C@@H](CCO)[C@@]1(O)C(C)C. The molecule has 2 N–H and O–H groups in total. The van der Waals surface area contributed by atoms with Crippen molar-refractivity contribution in [1.29, 1.82) is 0 Å². The fourth-order valence-corrected chi connectivity index (χ4v) is 2.59. The molecule has 1 fully saturated rings. The molecule has 0 saturated heterocycles. The van der Waals surface area contributed by atoms with Gasteiger partial charge in [0.15, 0.2) is 0 Å². The molecule has 3 atom stereocenters. The fraction of sp³-hybridized carbons (Fsp3) is 1.00. The highest BCUT2D eigenvalue weighted by Crippen LogP contribution is 2.58. The van der Waals surface area contributed by atoms with Gasteiger partial charge in [-0.25, -0.2) is 0 Å². The smallest absolute Gasteiger partial charge is 0.0734 e. The van der Waals surface area contributed by atoms with Crippen molar-refractivity contribution in [2.24, 2.45) is 17.8 Å². The summed E-state index contributed by atoms with van der Waals surface area (Å²) in [6.07, 6.45) is 1.78. The third kappa shape index (κ3) is 1.27. The van der Waals surface area contributed by atoms with Gasteiger partial charge in [0.2, 0.25) is 0 Å². The highest BCUT2D eigenvalue weighted by molar-refractivity contribution is 5.12. The summed E-state index contributed by atoms with van der Waals surface area (Å²) in [4.78, 5) is 0. The van der Waals surface area contributed by atoms with Crippen LogP contribution in [-0.2, 0) is 0 Å². The van der Waals surface area contributed by atoms with E-state index in [1.165, 1.54) is 0 Å². The summed E-state index contributed by atoms with van der Waals surface area (Å²) in [5.41, 5.74) is -0.475. The second-order valence-corrected chi connectivity index (χ2v) is 4.18. The van der Waals surface area contributed by atoms with Crippen LogP contribution in [0.25, 0.3) is 0 Å². The predicted octanol–water partition coefficient (Wildman–Crippen LogP) is 1.41. The Labute approximate surface area is 74.6 Å². The van der Waals surface area contributed by atoms with E-state index < -0.39 is 5.60 Å². The summed E-state index contributed by atoms with van der Waals surface area (Å²) in [5, 5.41) is 18.9. The monoisotopic (exact) mass is 172 g/mol. The molecule has 1 saturated carbocycles. The molecule has 0 aromatic rings. The van der Waals surface area contributed by atoms with Crippen molar-refractivity contribution < 1.29 is 10.2 Å². The van der Waals surface area contributed by atoms with Crippen LogP contribution in [0, 0.1) is 17.8 Å². The summed E-state index contributed by atoms with van der Waals surface area (Å²) in [6.45, 7) is 6.42. The van der Waals surface area contributed by atoms with E-state index in [1.54, 1.807) is 0 Å². The van der Waals surface area contributed by atoms with E-state index in [4.69, 9.17) is 5.11 Å². The maximum absolute atomic E-state index is 10.1. The van der Waals surface area contributed by atoms with Crippen molar-refractivity contribution in [3.05, 3.63) is 0 Å². The highest BCUT2D eigenvalue weighted by Gasteiger charge is 2.63. The van der Waals surface area contributed by atoms with Crippen LogP contribution in [-0.4, -0.2) is 22.4 Å². The van der Waals surface area contributed by atoms with Crippen LogP contribution in [0.1, 0.15) is 33.6 Å². The average Bonchev–Trinajstić information content (AvgIpc) is 2.59. The lowest BCUT2D eigenvalue weighted by atomic mass is 10.0. The summed E-state index contributed by atoms with van der Waals surface area (Å²) in [6, 6.07) is 0. The van der Waals surface area contributed by atoms with Crippen molar-refractivity contribution in [1.82, 2.24) is 0 Å². The van der Waals surface area contributed by atoms with Crippen LogP contribution in [0.3, 0.4) is 0 Å². The lowest BCUT2D eigenvalue weighted by molar-refractivity contribution is 0.0643. The van der Waals surface area contributed by atoms with Gasteiger partial charge in [-0.15, -0.1) is 0 Å². The molecule has 2 nitrogen and oxygen atoms in total. The first-order valence-corrected chi connectivity index (χ1v) is 4.92. The molecule has 12 heavy (non-hydrogen) atoms. The summed E-state index contributed by atoms with van der Waals surface area (Å²) in [5.74, 6) is 1.08. The first kappa shape index (κ1) is 10.0. The summed E-state index contributed by atoms with van der Waals surface area (Å²) in [7, 11) is 0. The zero-order valence-electron chi connectivity index (χ0n) is 8.25. The van der Waals surface area contributed by atoms with Gasteiger partial charge in [0.25, 0.3) is 0 Å². The molecule has 2 heteroatoms. The van der Waals surface area contributed by atoms with E-state index in [-0.39, 0.29) is 6.61 Å². The zero-order chi connectivity index (χ0) is 9.35. The van der Waals surface area contributed by atoms with E-state index in [0.29, 0.717) is 17.8 Å². The van der Waals surface area contributed by atoms with E-state index in [2.05, 4.69) is 20.8 Å². The van der Waals surface area contributed by atoms with Crippen LogP contribution in [0.5, 0.6) is 0 Å². The molecule has 1 aliphatic rings. The number of aliphatic hydroxyl groups is 2. The molecular weight excluding hydrogens is 152 g/mol. The molecule has 0 spiro atoms. The Balaban J connectivity index is 2.56. The van der Waals surface area contributed by atoms with Gasteiger partial charge >= 0.3 is 0 Å². The largest absolute Gasteiger partial charge is 0.396 e. The van der Waals surface area contributed by atoms with Gasteiger partial charge in [0, 0.05) is 6.61 Å². The van der Waals surface area contributed by atoms with E-state index in [1.807, 2.05) is 0 Å². The number of aliphatic hydroxyl groups excluding tert-OH is 1. The molecule has 0 radical (unpaired) electrons. The molecule has 0 unspecified atom stereocenters. The molecule has 72 valence electrons. The minimum atomic E-state index is -0.475. The van der Waals surface area contributed by atoms with Crippen molar-refractivity contribution >= 4 is 0 Å². The van der Waals surface area contributed by atoms with Crippen molar-refractivity contribution in [2.75, 3.05) is 6.61 Å². The molecule has 0 bridgehead atoms. The number of hydrogen-bond acceptors (Lipinski definition) is 2. The van der Waals surface area contributed by atoms with E-state index in [0.717, 1.165) is 12.8 Å². The van der Waals surface area contributed by atoms with Crippen LogP contribution < -0.4 is 0 Å². The molecule has 0 amide bonds. The van der Waals surface area contributed by atoms with Gasteiger partial charge in [-0.1, -0.05) is 27.2 Å². The van der Waals surface area contributed by atoms with E-state index in [9.17, 15) is 5.11 Å². The Hall–Kier alpha value is -0.0800. The van der Waals surface area contributed by atoms with Gasteiger partial charge < -0.3 is 10.2 Å². The normalized spacial score (nSPS) is 40.5. The Morgan fingerprint density at radius 3 is 2.17 bits per heavy atom. The second kappa shape index (κ2) is 3.35. The minimum absolute atomic E-state index is 0.205. The first-order valence-electron chi connectivity index (χ1n) is 4.92. The van der Waals surface area contributed by atoms with Crippen LogP contribution in [0.15, 0.2) is 0 Å². The first-order chi connectivity index (χ1) is 5.58. The average molecular weight is 172 g/mol. The standard InChI is InChI=1S/C10H20O2/c1-4-8-9(5-6-11)10(8,12)7(2)3/h7-9,11-12H,4-6H2,1-3H3/t8-,9-,10-/m1/s1. The van der Waals surface area contributed by atoms with Gasteiger partial charge in [0.05, 0.1) is 5.60 Å².